The maximum absolute atomic E-state index is 11.3. The van der Waals surface area contributed by atoms with Gasteiger partial charge in [-0.15, -0.1) is 17.0 Å². The normalized spacial score (nSPS) is 29.3. The second-order valence-corrected chi connectivity index (χ2v) is 3.69. The molecule has 0 amide bonds. The summed E-state index contributed by atoms with van der Waals surface area (Å²) in [5, 5.41) is 0. The lowest BCUT2D eigenvalue weighted by molar-refractivity contribution is -0.124. The van der Waals surface area contributed by atoms with E-state index in [1.54, 1.807) is 0 Å². The Morgan fingerprint density at radius 3 is 2.50 bits per heavy atom. The molecule has 2 unspecified atom stereocenters. The van der Waals surface area contributed by atoms with Crippen molar-refractivity contribution < 1.29 is 4.79 Å². The minimum atomic E-state index is 0. The van der Waals surface area contributed by atoms with Crippen molar-refractivity contribution in [3.8, 4) is 0 Å². The first-order valence-electron chi connectivity index (χ1n) is 4.29. The average Bonchev–Trinajstić information content (AvgIpc) is 1.94. The Kier molecular flexibility index (Phi) is 4.76. The van der Waals surface area contributed by atoms with Crippen LogP contribution in [0.2, 0.25) is 0 Å². The molecule has 2 atom stereocenters. The number of ketones is 1. The summed E-state index contributed by atoms with van der Waals surface area (Å²) in [6.45, 7) is 7.93. The number of halogens is 1. The number of allylic oxidation sites excluding steroid dienone is 1. The molecule has 0 heterocycles. The number of hydrogen-bond donors (Lipinski definition) is 0. The van der Waals surface area contributed by atoms with Gasteiger partial charge in [-0.1, -0.05) is 19.1 Å². The Hall–Kier alpha value is -0.110. The van der Waals surface area contributed by atoms with Crippen molar-refractivity contribution in [3.05, 3.63) is 12.2 Å². The van der Waals surface area contributed by atoms with E-state index in [0.717, 1.165) is 19.3 Å². The maximum Gasteiger partial charge on any atom is 0.136 e. The van der Waals surface area contributed by atoms with Gasteiger partial charge in [0.05, 0.1) is 0 Å². The molecule has 0 aliphatic heterocycles. The summed E-state index contributed by atoms with van der Waals surface area (Å²) in [5.41, 5.74) is 1.17. The minimum absolute atomic E-state index is 0. The molecule has 1 fully saturated rings. The highest BCUT2D eigenvalue weighted by atomic mass is 79.9. The van der Waals surface area contributed by atoms with E-state index in [1.807, 2.05) is 13.8 Å². The van der Waals surface area contributed by atoms with E-state index in [0.29, 0.717) is 17.6 Å². The number of carbonyl (C=O) groups excluding carboxylic acids is 1. The average molecular weight is 233 g/mol. The summed E-state index contributed by atoms with van der Waals surface area (Å²) in [6, 6.07) is 0. The van der Waals surface area contributed by atoms with Crippen molar-refractivity contribution in [3.63, 3.8) is 0 Å². The summed E-state index contributed by atoms with van der Waals surface area (Å²) in [6.07, 6.45) is 2.94. The molecule has 0 radical (unpaired) electrons. The van der Waals surface area contributed by atoms with Crippen LogP contribution in [-0.2, 0) is 4.79 Å². The summed E-state index contributed by atoms with van der Waals surface area (Å²) in [5.74, 6) is 1.19. The van der Waals surface area contributed by atoms with Crippen LogP contribution in [0.15, 0.2) is 12.2 Å². The molecule has 0 aromatic rings. The smallest absolute Gasteiger partial charge is 0.136 e. The van der Waals surface area contributed by atoms with Crippen molar-refractivity contribution >= 4 is 22.8 Å². The van der Waals surface area contributed by atoms with E-state index >= 15 is 0 Å². The Labute approximate surface area is 85.0 Å². The SMILES string of the molecule is Br.C=C(C)C1CCC(C)C(=O)C1. The standard InChI is InChI=1S/C10H16O.BrH/c1-7(2)9-5-4-8(3)10(11)6-9;/h8-9H,1,4-6H2,2-3H3;1H. The largest absolute Gasteiger partial charge is 0.299 e. The molecule has 1 nitrogen and oxygen atoms in total. The van der Waals surface area contributed by atoms with Gasteiger partial charge in [0.25, 0.3) is 0 Å². The van der Waals surface area contributed by atoms with Gasteiger partial charge in [0.15, 0.2) is 0 Å². The third kappa shape index (κ3) is 2.74. The molecular weight excluding hydrogens is 216 g/mol. The molecule has 1 aliphatic carbocycles. The van der Waals surface area contributed by atoms with Gasteiger partial charge in [0.1, 0.15) is 5.78 Å². The zero-order valence-electron chi connectivity index (χ0n) is 7.80. The van der Waals surface area contributed by atoms with Crippen LogP contribution < -0.4 is 0 Å². The molecule has 1 aliphatic rings. The van der Waals surface area contributed by atoms with Gasteiger partial charge in [-0.2, -0.15) is 0 Å². The van der Waals surface area contributed by atoms with Crippen LogP contribution >= 0.6 is 17.0 Å². The highest BCUT2D eigenvalue weighted by molar-refractivity contribution is 8.93. The van der Waals surface area contributed by atoms with E-state index in [2.05, 4.69) is 6.58 Å². The lowest BCUT2D eigenvalue weighted by Crippen LogP contribution is -2.22. The molecule has 70 valence electrons. The second-order valence-electron chi connectivity index (χ2n) is 3.69. The first-order valence-corrected chi connectivity index (χ1v) is 4.29. The van der Waals surface area contributed by atoms with Gasteiger partial charge in [-0.05, 0) is 25.7 Å². The van der Waals surface area contributed by atoms with E-state index in [9.17, 15) is 4.79 Å². The molecule has 0 N–H and O–H groups in total. The predicted octanol–water partition coefficient (Wildman–Crippen LogP) is 3.15. The molecule has 2 heteroatoms. The number of hydrogen-bond acceptors (Lipinski definition) is 1. The third-order valence-electron chi connectivity index (χ3n) is 2.64. The summed E-state index contributed by atoms with van der Waals surface area (Å²) >= 11 is 0. The van der Waals surface area contributed by atoms with Crippen LogP contribution in [0.4, 0.5) is 0 Å². The predicted molar refractivity (Wildman–Crippen MR) is 56.6 cm³/mol. The van der Waals surface area contributed by atoms with Crippen LogP contribution in [0.25, 0.3) is 0 Å². The van der Waals surface area contributed by atoms with Crippen molar-refractivity contribution in [2.24, 2.45) is 11.8 Å². The fraction of sp³-hybridized carbons (Fsp3) is 0.700. The lowest BCUT2D eigenvalue weighted by atomic mass is 9.79. The molecule has 0 aromatic heterocycles. The lowest BCUT2D eigenvalue weighted by Gasteiger charge is -2.25. The summed E-state index contributed by atoms with van der Waals surface area (Å²) < 4.78 is 0. The zero-order chi connectivity index (χ0) is 8.43. The number of Topliss-reactive ketones (excluding diaryl/α,β-unsaturated/α-hetero) is 1. The van der Waals surface area contributed by atoms with Gasteiger partial charge in [-0.3, -0.25) is 4.79 Å². The Bertz CT molecular complexity index is 186. The molecule has 1 saturated carbocycles. The fourth-order valence-corrected chi connectivity index (χ4v) is 1.58. The second kappa shape index (κ2) is 4.80. The van der Waals surface area contributed by atoms with Crippen molar-refractivity contribution in [1.29, 1.82) is 0 Å². The molecule has 0 spiro atoms. The van der Waals surface area contributed by atoms with Crippen molar-refractivity contribution in [2.45, 2.75) is 33.1 Å². The first-order chi connectivity index (χ1) is 5.11. The van der Waals surface area contributed by atoms with Crippen LogP contribution in [0.1, 0.15) is 33.1 Å². The van der Waals surface area contributed by atoms with Crippen LogP contribution in [-0.4, -0.2) is 5.78 Å². The zero-order valence-corrected chi connectivity index (χ0v) is 9.51. The molecular formula is C10H17BrO. The molecule has 1 rings (SSSR count). The van der Waals surface area contributed by atoms with E-state index < -0.39 is 0 Å². The third-order valence-corrected chi connectivity index (χ3v) is 2.64. The highest BCUT2D eigenvalue weighted by Gasteiger charge is 2.25. The molecule has 12 heavy (non-hydrogen) atoms. The first kappa shape index (κ1) is 11.9. The van der Waals surface area contributed by atoms with E-state index in [-0.39, 0.29) is 17.0 Å². The molecule has 0 saturated heterocycles. The van der Waals surface area contributed by atoms with Gasteiger partial charge in [-0.25, -0.2) is 0 Å². The number of carbonyl (C=O) groups is 1. The highest BCUT2D eigenvalue weighted by Crippen LogP contribution is 2.29. The van der Waals surface area contributed by atoms with Gasteiger partial charge >= 0.3 is 0 Å². The monoisotopic (exact) mass is 232 g/mol. The number of rotatable bonds is 1. The fourth-order valence-electron chi connectivity index (χ4n) is 1.58. The van der Waals surface area contributed by atoms with Crippen LogP contribution in [0, 0.1) is 11.8 Å². The minimum Gasteiger partial charge on any atom is -0.299 e. The maximum atomic E-state index is 11.3. The molecule has 0 aromatic carbocycles. The van der Waals surface area contributed by atoms with Gasteiger partial charge in [0.2, 0.25) is 0 Å². The van der Waals surface area contributed by atoms with E-state index in [4.69, 9.17) is 0 Å². The molecule has 0 bridgehead atoms. The van der Waals surface area contributed by atoms with Crippen molar-refractivity contribution in [2.75, 3.05) is 0 Å². The quantitative estimate of drug-likeness (QED) is 0.636. The van der Waals surface area contributed by atoms with Crippen LogP contribution in [0.5, 0.6) is 0 Å². The Morgan fingerprint density at radius 1 is 1.50 bits per heavy atom. The Morgan fingerprint density at radius 2 is 2.08 bits per heavy atom. The topological polar surface area (TPSA) is 17.1 Å². The van der Waals surface area contributed by atoms with Crippen molar-refractivity contribution in [1.82, 2.24) is 0 Å². The van der Waals surface area contributed by atoms with Gasteiger partial charge in [0, 0.05) is 12.3 Å². The summed E-state index contributed by atoms with van der Waals surface area (Å²) in [7, 11) is 0. The van der Waals surface area contributed by atoms with Gasteiger partial charge < -0.3 is 0 Å². The van der Waals surface area contributed by atoms with E-state index in [1.165, 1.54) is 5.57 Å². The Balaban J connectivity index is 0.00000121. The van der Waals surface area contributed by atoms with Crippen LogP contribution in [0.3, 0.4) is 0 Å². The summed E-state index contributed by atoms with van der Waals surface area (Å²) in [4.78, 5) is 11.3.